The van der Waals surface area contributed by atoms with Gasteiger partial charge in [-0.3, -0.25) is 0 Å². The van der Waals surface area contributed by atoms with Gasteiger partial charge in [0, 0.05) is 11.6 Å². The van der Waals surface area contributed by atoms with Crippen LogP contribution < -0.4 is 10.1 Å². The third kappa shape index (κ3) is 3.36. The Balaban J connectivity index is 2.45. The first-order valence-corrected chi connectivity index (χ1v) is 6.58. The summed E-state index contributed by atoms with van der Waals surface area (Å²) in [5.74, 6) is -1.72. The molecule has 0 aliphatic carbocycles. The SMILES string of the molecule is CCNC(c1ccc(OC)c(F)c1)c1ccc(F)cc1F. The Hall–Kier alpha value is -2.01. The number of nitrogens with one attached hydrogen (secondary N) is 1. The van der Waals surface area contributed by atoms with Crippen molar-refractivity contribution in [3.63, 3.8) is 0 Å². The maximum Gasteiger partial charge on any atom is 0.165 e. The van der Waals surface area contributed by atoms with Crippen LogP contribution in [0.25, 0.3) is 0 Å². The van der Waals surface area contributed by atoms with Gasteiger partial charge in [0.15, 0.2) is 11.6 Å². The van der Waals surface area contributed by atoms with Crippen LogP contribution in [0.5, 0.6) is 5.75 Å². The van der Waals surface area contributed by atoms with E-state index in [-0.39, 0.29) is 11.3 Å². The van der Waals surface area contributed by atoms with Crippen molar-refractivity contribution < 1.29 is 17.9 Å². The average molecular weight is 295 g/mol. The molecule has 21 heavy (non-hydrogen) atoms. The van der Waals surface area contributed by atoms with Gasteiger partial charge in [-0.2, -0.15) is 0 Å². The van der Waals surface area contributed by atoms with E-state index < -0.39 is 23.5 Å². The standard InChI is InChI=1S/C16H16F3NO/c1-3-20-16(12-6-5-11(17)9-13(12)18)10-4-7-15(21-2)14(19)8-10/h4-9,16,20H,3H2,1-2H3. The number of hydrogen-bond donors (Lipinski definition) is 1. The first-order chi connectivity index (χ1) is 10.1. The Morgan fingerprint density at radius 3 is 2.38 bits per heavy atom. The van der Waals surface area contributed by atoms with Crippen molar-refractivity contribution in [2.24, 2.45) is 0 Å². The van der Waals surface area contributed by atoms with Crippen LogP contribution in [-0.2, 0) is 0 Å². The van der Waals surface area contributed by atoms with Crippen LogP contribution in [0.1, 0.15) is 24.1 Å². The second-order valence-corrected chi connectivity index (χ2v) is 4.55. The minimum absolute atomic E-state index is 0.119. The lowest BCUT2D eigenvalue weighted by Crippen LogP contribution is -2.23. The van der Waals surface area contributed by atoms with Gasteiger partial charge in [0.25, 0.3) is 0 Å². The fraction of sp³-hybridized carbons (Fsp3) is 0.250. The molecule has 0 aromatic heterocycles. The highest BCUT2D eigenvalue weighted by Gasteiger charge is 2.19. The zero-order valence-corrected chi connectivity index (χ0v) is 11.8. The van der Waals surface area contributed by atoms with E-state index in [1.165, 1.54) is 31.4 Å². The smallest absolute Gasteiger partial charge is 0.165 e. The lowest BCUT2D eigenvalue weighted by atomic mass is 9.97. The maximum absolute atomic E-state index is 14.0. The van der Waals surface area contributed by atoms with Gasteiger partial charge < -0.3 is 10.1 Å². The fourth-order valence-electron chi connectivity index (χ4n) is 2.21. The van der Waals surface area contributed by atoms with Crippen molar-refractivity contribution in [2.45, 2.75) is 13.0 Å². The Labute approximate surface area is 121 Å². The molecule has 0 spiro atoms. The average Bonchev–Trinajstić information content (AvgIpc) is 2.45. The summed E-state index contributed by atoms with van der Waals surface area (Å²) in [6, 6.07) is 7.22. The van der Waals surface area contributed by atoms with Gasteiger partial charge >= 0.3 is 0 Å². The summed E-state index contributed by atoms with van der Waals surface area (Å²) in [6.45, 7) is 2.41. The normalized spacial score (nSPS) is 12.2. The van der Waals surface area contributed by atoms with Crippen LogP contribution in [0.4, 0.5) is 13.2 Å². The summed E-state index contributed by atoms with van der Waals surface area (Å²) in [5, 5.41) is 3.07. The lowest BCUT2D eigenvalue weighted by molar-refractivity contribution is 0.385. The third-order valence-electron chi connectivity index (χ3n) is 3.19. The quantitative estimate of drug-likeness (QED) is 0.905. The van der Waals surface area contributed by atoms with Gasteiger partial charge in [0.1, 0.15) is 11.6 Å². The van der Waals surface area contributed by atoms with Crippen LogP contribution in [0.15, 0.2) is 36.4 Å². The number of hydrogen-bond acceptors (Lipinski definition) is 2. The Morgan fingerprint density at radius 1 is 1.05 bits per heavy atom. The highest BCUT2D eigenvalue weighted by molar-refractivity contribution is 5.37. The van der Waals surface area contributed by atoms with E-state index in [2.05, 4.69) is 5.32 Å². The first-order valence-electron chi connectivity index (χ1n) is 6.58. The molecule has 0 amide bonds. The van der Waals surface area contributed by atoms with E-state index in [1.54, 1.807) is 6.07 Å². The number of methoxy groups -OCH3 is 1. The monoisotopic (exact) mass is 295 g/mol. The van der Waals surface area contributed by atoms with Crippen LogP contribution in [-0.4, -0.2) is 13.7 Å². The van der Waals surface area contributed by atoms with Crippen LogP contribution >= 0.6 is 0 Å². The molecule has 2 rings (SSSR count). The second-order valence-electron chi connectivity index (χ2n) is 4.55. The van der Waals surface area contributed by atoms with E-state index >= 15 is 0 Å². The van der Waals surface area contributed by atoms with Crippen molar-refractivity contribution in [2.75, 3.05) is 13.7 Å². The summed E-state index contributed by atoms with van der Waals surface area (Å²) < 4.78 is 45.7. The molecule has 0 radical (unpaired) electrons. The summed E-state index contributed by atoms with van der Waals surface area (Å²) in [4.78, 5) is 0. The molecule has 2 aromatic rings. The molecule has 0 saturated carbocycles. The van der Waals surface area contributed by atoms with Crippen LogP contribution in [0.3, 0.4) is 0 Å². The molecule has 0 aliphatic rings. The predicted octanol–water partition coefficient (Wildman–Crippen LogP) is 3.81. The van der Waals surface area contributed by atoms with Gasteiger partial charge in [0.2, 0.25) is 0 Å². The van der Waals surface area contributed by atoms with Crippen molar-refractivity contribution in [1.82, 2.24) is 5.32 Å². The van der Waals surface area contributed by atoms with E-state index in [4.69, 9.17) is 4.74 Å². The van der Waals surface area contributed by atoms with Gasteiger partial charge in [-0.1, -0.05) is 19.1 Å². The van der Waals surface area contributed by atoms with E-state index in [0.717, 1.165) is 6.07 Å². The van der Waals surface area contributed by atoms with Crippen LogP contribution in [0.2, 0.25) is 0 Å². The molecule has 2 nitrogen and oxygen atoms in total. The maximum atomic E-state index is 14.0. The van der Waals surface area contributed by atoms with Gasteiger partial charge in [-0.05, 0) is 30.3 Å². The molecule has 1 N–H and O–H groups in total. The molecule has 1 atom stereocenters. The molecule has 112 valence electrons. The lowest BCUT2D eigenvalue weighted by Gasteiger charge is -2.20. The molecular weight excluding hydrogens is 279 g/mol. The van der Waals surface area contributed by atoms with Crippen LogP contribution in [0, 0.1) is 17.5 Å². The van der Waals surface area contributed by atoms with E-state index in [9.17, 15) is 13.2 Å². The molecule has 0 heterocycles. The molecule has 0 aliphatic heterocycles. The Kier molecular flexibility index (Phi) is 4.85. The Morgan fingerprint density at radius 2 is 1.81 bits per heavy atom. The molecule has 5 heteroatoms. The van der Waals surface area contributed by atoms with Crippen molar-refractivity contribution >= 4 is 0 Å². The van der Waals surface area contributed by atoms with Crippen molar-refractivity contribution in [3.05, 3.63) is 65.0 Å². The molecule has 2 aromatic carbocycles. The third-order valence-corrected chi connectivity index (χ3v) is 3.19. The molecule has 1 unspecified atom stereocenters. The first kappa shape index (κ1) is 15.4. The molecule has 0 saturated heterocycles. The molecular formula is C16H16F3NO. The minimum atomic E-state index is -0.669. The van der Waals surface area contributed by atoms with Gasteiger partial charge in [0.05, 0.1) is 13.2 Å². The minimum Gasteiger partial charge on any atom is -0.494 e. The van der Waals surface area contributed by atoms with E-state index in [0.29, 0.717) is 12.1 Å². The summed E-state index contributed by atoms with van der Waals surface area (Å²) in [5.41, 5.74) is 0.809. The number of halogens is 3. The zero-order chi connectivity index (χ0) is 15.4. The number of ether oxygens (including phenoxy) is 1. The highest BCUT2D eigenvalue weighted by atomic mass is 19.1. The molecule has 0 fully saturated rings. The van der Waals surface area contributed by atoms with Gasteiger partial charge in [-0.25, -0.2) is 13.2 Å². The predicted molar refractivity (Wildman–Crippen MR) is 74.8 cm³/mol. The summed E-state index contributed by atoms with van der Waals surface area (Å²) in [6.07, 6.45) is 0. The summed E-state index contributed by atoms with van der Waals surface area (Å²) >= 11 is 0. The highest BCUT2D eigenvalue weighted by Crippen LogP contribution is 2.28. The van der Waals surface area contributed by atoms with E-state index in [1.807, 2.05) is 6.92 Å². The van der Waals surface area contributed by atoms with Gasteiger partial charge in [-0.15, -0.1) is 0 Å². The van der Waals surface area contributed by atoms with Crippen molar-refractivity contribution in [1.29, 1.82) is 0 Å². The summed E-state index contributed by atoms with van der Waals surface area (Å²) in [7, 11) is 1.37. The fourth-order valence-corrected chi connectivity index (χ4v) is 2.21. The zero-order valence-electron chi connectivity index (χ0n) is 11.8. The Bertz CT molecular complexity index is 631. The number of benzene rings is 2. The molecule has 0 bridgehead atoms. The number of rotatable bonds is 5. The largest absolute Gasteiger partial charge is 0.494 e. The second kappa shape index (κ2) is 6.63. The van der Waals surface area contributed by atoms with Crippen molar-refractivity contribution in [3.8, 4) is 5.75 Å². The topological polar surface area (TPSA) is 21.3 Å².